The van der Waals surface area contributed by atoms with Crippen molar-refractivity contribution in [3.63, 3.8) is 0 Å². The van der Waals surface area contributed by atoms with Gasteiger partial charge in [0.1, 0.15) is 12.4 Å². The number of hydrogen-bond donors (Lipinski definition) is 2. The molecule has 0 spiro atoms. The van der Waals surface area contributed by atoms with E-state index in [0.29, 0.717) is 19.1 Å². The van der Waals surface area contributed by atoms with Gasteiger partial charge in [-0.3, -0.25) is 9.79 Å². The summed E-state index contributed by atoms with van der Waals surface area (Å²) in [5, 5.41) is 6.16. The topological polar surface area (TPSA) is 66.0 Å². The van der Waals surface area contributed by atoms with Crippen LogP contribution in [0, 0.1) is 5.92 Å². The van der Waals surface area contributed by atoms with Crippen molar-refractivity contribution in [2.75, 3.05) is 44.4 Å². The highest BCUT2D eigenvalue weighted by Gasteiger charge is 2.24. The van der Waals surface area contributed by atoms with Gasteiger partial charge in [-0.1, -0.05) is 24.3 Å². The number of guanidine groups is 1. The number of amides is 1. The van der Waals surface area contributed by atoms with Crippen LogP contribution in [-0.4, -0.2) is 55.8 Å². The zero-order valence-corrected chi connectivity index (χ0v) is 18.5. The maximum atomic E-state index is 11.2. The number of carbonyl (C=O) groups is 1. The molecule has 3 rings (SSSR count). The van der Waals surface area contributed by atoms with E-state index in [9.17, 15) is 4.79 Å². The fourth-order valence-corrected chi connectivity index (χ4v) is 4.47. The summed E-state index contributed by atoms with van der Waals surface area (Å²) in [6.45, 7) is 4.73. The van der Waals surface area contributed by atoms with Gasteiger partial charge in [-0.25, -0.2) is 0 Å². The highest BCUT2D eigenvalue weighted by Crippen LogP contribution is 2.25. The van der Waals surface area contributed by atoms with Crippen molar-refractivity contribution in [3.05, 3.63) is 54.6 Å². The summed E-state index contributed by atoms with van der Waals surface area (Å²) < 4.78 is 5.80. The first-order valence-corrected chi connectivity index (χ1v) is 11.3. The lowest BCUT2D eigenvalue weighted by atomic mass is 10.2. The average Bonchev–Trinajstić information content (AvgIpc) is 3.22. The van der Waals surface area contributed by atoms with E-state index in [1.54, 1.807) is 0 Å². The van der Waals surface area contributed by atoms with E-state index in [1.165, 1.54) is 18.2 Å². The second kappa shape index (κ2) is 11.5. The van der Waals surface area contributed by atoms with E-state index >= 15 is 0 Å². The summed E-state index contributed by atoms with van der Waals surface area (Å²) in [7, 11) is 1.83. The van der Waals surface area contributed by atoms with Gasteiger partial charge in [-0.15, -0.1) is 11.8 Å². The molecule has 0 radical (unpaired) electrons. The fraction of sp³-hybridized carbons (Fsp3) is 0.391. The Labute approximate surface area is 183 Å². The molecule has 1 aliphatic heterocycles. The molecule has 1 amide bonds. The number of aliphatic imine (C=N–C) groups is 1. The largest absolute Gasteiger partial charge is 0.492 e. The van der Waals surface area contributed by atoms with Crippen LogP contribution < -0.4 is 15.4 Å². The predicted octanol–water partition coefficient (Wildman–Crippen LogP) is 3.71. The molecule has 1 heterocycles. The van der Waals surface area contributed by atoms with Gasteiger partial charge in [0.25, 0.3) is 0 Å². The molecule has 2 aromatic rings. The average molecular weight is 427 g/mol. The van der Waals surface area contributed by atoms with Crippen LogP contribution in [0.3, 0.4) is 0 Å². The predicted molar refractivity (Wildman–Crippen MR) is 124 cm³/mol. The van der Waals surface area contributed by atoms with Crippen molar-refractivity contribution in [1.29, 1.82) is 0 Å². The van der Waals surface area contributed by atoms with Crippen LogP contribution in [0.15, 0.2) is 64.5 Å². The van der Waals surface area contributed by atoms with Crippen molar-refractivity contribution in [2.45, 2.75) is 18.2 Å². The summed E-state index contributed by atoms with van der Waals surface area (Å²) in [4.78, 5) is 19.3. The van der Waals surface area contributed by atoms with Gasteiger partial charge in [-0.05, 0) is 36.6 Å². The van der Waals surface area contributed by atoms with Crippen molar-refractivity contribution in [2.24, 2.45) is 10.9 Å². The zero-order valence-electron chi connectivity index (χ0n) is 17.6. The Kier molecular flexibility index (Phi) is 8.44. The summed E-state index contributed by atoms with van der Waals surface area (Å²) in [6, 6.07) is 18.0. The molecule has 1 aliphatic rings. The summed E-state index contributed by atoms with van der Waals surface area (Å²) in [5.41, 5.74) is 0.736. The second-order valence-electron chi connectivity index (χ2n) is 7.26. The number of carbonyl (C=O) groups excluding carboxylic acids is 1. The molecule has 1 atom stereocenters. The molecule has 6 nitrogen and oxygen atoms in total. The van der Waals surface area contributed by atoms with Gasteiger partial charge >= 0.3 is 0 Å². The van der Waals surface area contributed by atoms with Crippen LogP contribution in [0.4, 0.5) is 5.69 Å². The Morgan fingerprint density at radius 3 is 2.83 bits per heavy atom. The van der Waals surface area contributed by atoms with E-state index in [0.717, 1.165) is 36.2 Å². The molecule has 160 valence electrons. The van der Waals surface area contributed by atoms with Crippen molar-refractivity contribution in [3.8, 4) is 5.75 Å². The number of ether oxygens (including phenoxy) is 1. The first-order valence-electron chi connectivity index (χ1n) is 10.3. The molecule has 0 saturated carbocycles. The van der Waals surface area contributed by atoms with Gasteiger partial charge in [0, 0.05) is 49.5 Å². The maximum Gasteiger partial charge on any atom is 0.221 e. The minimum Gasteiger partial charge on any atom is -0.492 e. The second-order valence-corrected chi connectivity index (χ2v) is 8.35. The van der Waals surface area contributed by atoms with Crippen molar-refractivity contribution in [1.82, 2.24) is 10.2 Å². The SMILES string of the molecule is CN=C(NCCOc1cccc(NC(C)=O)c1)N1CCC(CSc2ccccc2)C1. The summed E-state index contributed by atoms with van der Waals surface area (Å²) in [6.07, 6.45) is 1.19. The van der Waals surface area contributed by atoms with Crippen LogP contribution in [0.25, 0.3) is 0 Å². The molecule has 1 saturated heterocycles. The number of rotatable bonds is 8. The van der Waals surface area contributed by atoms with Gasteiger partial charge in [-0.2, -0.15) is 0 Å². The third-order valence-corrected chi connectivity index (χ3v) is 6.08. The number of hydrogen-bond acceptors (Lipinski definition) is 4. The first kappa shape index (κ1) is 22.0. The number of benzene rings is 2. The van der Waals surface area contributed by atoms with Crippen LogP contribution in [0.5, 0.6) is 5.75 Å². The lowest BCUT2D eigenvalue weighted by Gasteiger charge is -2.21. The zero-order chi connectivity index (χ0) is 21.2. The molecule has 7 heteroatoms. The Hall–Kier alpha value is -2.67. The van der Waals surface area contributed by atoms with E-state index in [-0.39, 0.29) is 5.91 Å². The van der Waals surface area contributed by atoms with E-state index < -0.39 is 0 Å². The highest BCUT2D eigenvalue weighted by atomic mass is 32.2. The smallest absolute Gasteiger partial charge is 0.221 e. The summed E-state index contributed by atoms with van der Waals surface area (Å²) in [5.74, 6) is 3.37. The fourth-order valence-electron chi connectivity index (χ4n) is 3.42. The monoisotopic (exact) mass is 426 g/mol. The van der Waals surface area contributed by atoms with Crippen molar-refractivity contribution < 1.29 is 9.53 Å². The van der Waals surface area contributed by atoms with E-state index in [2.05, 4.69) is 50.9 Å². The number of nitrogens with one attached hydrogen (secondary N) is 2. The normalized spacial score (nSPS) is 16.4. The molecule has 30 heavy (non-hydrogen) atoms. The third-order valence-electron chi connectivity index (χ3n) is 4.83. The number of likely N-dealkylation sites (tertiary alicyclic amines) is 1. The van der Waals surface area contributed by atoms with Crippen molar-refractivity contribution >= 4 is 29.3 Å². The van der Waals surface area contributed by atoms with Crippen LogP contribution in [0.2, 0.25) is 0 Å². The number of anilines is 1. The Bertz CT molecular complexity index is 844. The molecule has 0 aromatic heterocycles. The maximum absolute atomic E-state index is 11.2. The molecule has 0 bridgehead atoms. The quantitative estimate of drug-likeness (QED) is 0.292. The minimum absolute atomic E-state index is 0.0938. The van der Waals surface area contributed by atoms with Gasteiger partial charge in [0.05, 0.1) is 6.54 Å². The first-order chi connectivity index (χ1) is 14.6. The Morgan fingerprint density at radius 1 is 1.23 bits per heavy atom. The van der Waals surface area contributed by atoms with Gasteiger partial charge < -0.3 is 20.3 Å². The molecular weight excluding hydrogens is 396 g/mol. The molecule has 2 N–H and O–H groups in total. The molecule has 0 aliphatic carbocycles. The van der Waals surface area contributed by atoms with E-state index in [4.69, 9.17) is 4.74 Å². The van der Waals surface area contributed by atoms with Crippen LogP contribution in [-0.2, 0) is 4.79 Å². The lowest BCUT2D eigenvalue weighted by molar-refractivity contribution is -0.114. The van der Waals surface area contributed by atoms with E-state index in [1.807, 2.05) is 43.1 Å². The standard InChI is InChI=1S/C23H30N4O2S/c1-18(28)26-20-7-6-8-21(15-20)29-14-12-25-23(24-2)27-13-11-19(16-27)17-30-22-9-4-3-5-10-22/h3-10,15,19H,11-14,16-17H2,1-2H3,(H,24,25)(H,26,28). The minimum atomic E-state index is -0.0938. The lowest BCUT2D eigenvalue weighted by Crippen LogP contribution is -2.41. The number of nitrogens with zero attached hydrogens (tertiary/aromatic N) is 2. The number of thioether (sulfide) groups is 1. The third kappa shape index (κ3) is 6.99. The Balaban J connectivity index is 1.38. The molecule has 1 fully saturated rings. The van der Waals surface area contributed by atoms with Gasteiger partial charge in [0.15, 0.2) is 5.96 Å². The van der Waals surface area contributed by atoms with Crippen LogP contribution >= 0.6 is 11.8 Å². The molecule has 1 unspecified atom stereocenters. The molecular formula is C23H30N4O2S. The Morgan fingerprint density at radius 2 is 2.07 bits per heavy atom. The summed E-state index contributed by atoms with van der Waals surface area (Å²) >= 11 is 1.93. The molecule has 2 aromatic carbocycles. The highest BCUT2D eigenvalue weighted by molar-refractivity contribution is 7.99. The van der Waals surface area contributed by atoms with Gasteiger partial charge in [0.2, 0.25) is 5.91 Å². The van der Waals surface area contributed by atoms with Crippen LogP contribution in [0.1, 0.15) is 13.3 Å².